The second kappa shape index (κ2) is 8.11. The highest BCUT2D eigenvalue weighted by Gasteiger charge is 2.26. The van der Waals surface area contributed by atoms with Crippen LogP contribution in [0, 0.1) is 6.92 Å². The molecule has 0 aliphatic carbocycles. The average molecular weight is 390 g/mol. The minimum Gasteiger partial charge on any atom is -0.387 e. The van der Waals surface area contributed by atoms with E-state index in [0.29, 0.717) is 16.5 Å². The number of aliphatic imine (C=N–C) groups is 1. The highest BCUT2D eigenvalue weighted by Crippen LogP contribution is 2.36. The van der Waals surface area contributed by atoms with Crippen LogP contribution in [-0.2, 0) is 4.84 Å². The molecule has 136 valence electrons. The summed E-state index contributed by atoms with van der Waals surface area (Å²) in [6.07, 6.45) is 2.31. The van der Waals surface area contributed by atoms with Crippen LogP contribution < -0.4 is 0 Å². The van der Waals surface area contributed by atoms with Gasteiger partial charge in [-0.15, -0.1) is 0 Å². The molecule has 0 spiro atoms. The van der Waals surface area contributed by atoms with Gasteiger partial charge in [-0.05, 0) is 49.2 Å². The lowest BCUT2D eigenvalue weighted by molar-refractivity contribution is 0.0853. The van der Waals surface area contributed by atoms with E-state index in [1.165, 1.54) is 0 Å². The van der Waals surface area contributed by atoms with Gasteiger partial charge < -0.3 is 9.74 Å². The molecule has 0 saturated heterocycles. The largest absolute Gasteiger partial charge is 0.387 e. The third-order valence-corrected chi connectivity index (χ3v) is 4.94. The zero-order valence-corrected chi connectivity index (χ0v) is 16.6. The summed E-state index contributed by atoms with van der Waals surface area (Å²) in [6, 6.07) is 11.6. The van der Waals surface area contributed by atoms with Crippen LogP contribution in [0.4, 0.5) is 5.69 Å². The molecule has 1 aliphatic heterocycles. The Labute approximate surface area is 164 Å². The van der Waals surface area contributed by atoms with Crippen molar-refractivity contribution in [2.24, 2.45) is 10.1 Å². The standard InChI is InChI=1S/C20H21Cl2N3O/c1-4-25(3)12-23-19-8-13(2)16(10-17(19)22)20-11-18(24-26-20)14-6-5-7-15(21)9-14/h5-10,12,20H,4,11H2,1-3H3. The molecule has 26 heavy (non-hydrogen) atoms. The zero-order valence-electron chi connectivity index (χ0n) is 15.0. The predicted octanol–water partition coefficient (Wildman–Crippen LogP) is 5.78. The summed E-state index contributed by atoms with van der Waals surface area (Å²) in [5.41, 5.74) is 4.72. The van der Waals surface area contributed by atoms with Crippen molar-refractivity contribution in [1.82, 2.24) is 4.90 Å². The maximum absolute atomic E-state index is 6.44. The number of oxime groups is 1. The summed E-state index contributed by atoms with van der Waals surface area (Å²) in [5.74, 6) is 0. The van der Waals surface area contributed by atoms with E-state index >= 15 is 0 Å². The number of hydrogen-bond acceptors (Lipinski definition) is 3. The predicted molar refractivity (Wildman–Crippen MR) is 109 cm³/mol. The van der Waals surface area contributed by atoms with E-state index in [9.17, 15) is 0 Å². The van der Waals surface area contributed by atoms with Crippen molar-refractivity contribution in [3.05, 3.63) is 63.1 Å². The molecule has 0 saturated carbocycles. The van der Waals surface area contributed by atoms with Gasteiger partial charge in [-0.3, -0.25) is 0 Å². The molecular weight excluding hydrogens is 369 g/mol. The molecule has 1 heterocycles. The molecule has 0 bridgehead atoms. The van der Waals surface area contributed by atoms with Gasteiger partial charge in [0.25, 0.3) is 0 Å². The fourth-order valence-corrected chi connectivity index (χ4v) is 3.16. The highest BCUT2D eigenvalue weighted by atomic mass is 35.5. The Hall–Kier alpha value is -2.04. The summed E-state index contributed by atoms with van der Waals surface area (Å²) in [5, 5.41) is 5.54. The van der Waals surface area contributed by atoms with Gasteiger partial charge in [-0.25, -0.2) is 4.99 Å². The minimum absolute atomic E-state index is 0.155. The van der Waals surface area contributed by atoms with Gasteiger partial charge in [0.15, 0.2) is 6.10 Å². The molecule has 3 rings (SSSR count). The quantitative estimate of drug-likeness (QED) is 0.479. The zero-order chi connectivity index (χ0) is 18.7. The molecule has 0 N–H and O–H groups in total. The van der Waals surface area contributed by atoms with Gasteiger partial charge in [0.1, 0.15) is 0 Å². The number of benzene rings is 2. The Bertz CT molecular complexity index is 864. The van der Waals surface area contributed by atoms with Gasteiger partial charge in [-0.1, -0.05) is 40.5 Å². The molecule has 0 radical (unpaired) electrons. The van der Waals surface area contributed by atoms with Crippen LogP contribution >= 0.6 is 23.2 Å². The smallest absolute Gasteiger partial charge is 0.158 e. The fourth-order valence-electron chi connectivity index (χ4n) is 2.75. The number of rotatable bonds is 5. The van der Waals surface area contributed by atoms with Crippen molar-refractivity contribution in [3.8, 4) is 0 Å². The normalized spacial score (nSPS) is 16.7. The first kappa shape index (κ1) is 18.7. The Morgan fingerprint density at radius 1 is 1.31 bits per heavy atom. The van der Waals surface area contributed by atoms with Crippen LogP contribution in [0.15, 0.2) is 46.5 Å². The molecule has 0 fully saturated rings. The van der Waals surface area contributed by atoms with Gasteiger partial charge in [-0.2, -0.15) is 0 Å². The summed E-state index contributed by atoms with van der Waals surface area (Å²) in [4.78, 5) is 12.1. The lowest BCUT2D eigenvalue weighted by Crippen LogP contribution is -2.14. The Morgan fingerprint density at radius 2 is 2.12 bits per heavy atom. The second-order valence-electron chi connectivity index (χ2n) is 6.32. The first-order chi connectivity index (χ1) is 12.5. The van der Waals surface area contributed by atoms with Crippen LogP contribution in [0.25, 0.3) is 0 Å². The number of hydrogen-bond donors (Lipinski definition) is 0. The Morgan fingerprint density at radius 3 is 2.85 bits per heavy atom. The maximum Gasteiger partial charge on any atom is 0.158 e. The molecule has 6 heteroatoms. The average Bonchev–Trinajstić information content (AvgIpc) is 3.11. The number of nitrogens with zero attached hydrogens (tertiary/aromatic N) is 3. The molecule has 0 aromatic heterocycles. The van der Waals surface area contributed by atoms with Gasteiger partial charge in [0.05, 0.1) is 22.8 Å². The minimum atomic E-state index is -0.155. The summed E-state index contributed by atoms with van der Waals surface area (Å²) in [6.45, 7) is 4.99. The molecule has 1 unspecified atom stereocenters. The van der Waals surface area contributed by atoms with Crippen molar-refractivity contribution in [3.63, 3.8) is 0 Å². The van der Waals surface area contributed by atoms with Crippen LogP contribution in [0.2, 0.25) is 10.0 Å². The van der Waals surface area contributed by atoms with Gasteiger partial charge in [0, 0.05) is 30.6 Å². The summed E-state index contributed by atoms with van der Waals surface area (Å²) < 4.78 is 0. The van der Waals surface area contributed by atoms with Crippen molar-refractivity contribution < 1.29 is 4.84 Å². The molecule has 2 aromatic carbocycles. The van der Waals surface area contributed by atoms with Crippen LogP contribution in [0.5, 0.6) is 0 Å². The fraction of sp³-hybridized carbons (Fsp3) is 0.300. The maximum atomic E-state index is 6.44. The monoisotopic (exact) mass is 389 g/mol. The van der Waals surface area contributed by atoms with E-state index in [0.717, 1.165) is 34.6 Å². The highest BCUT2D eigenvalue weighted by molar-refractivity contribution is 6.33. The van der Waals surface area contributed by atoms with E-state index in [4.69, 9.17) is 28.0 Å². The van der Waals surface area contributed by atoms with Crippen LogP contribution in [-0.4, -0.2) is 30.5 Å². The lowest BCUT2D eigenvalue weighted by atomic mass is 9.97. The molecule has 0 amide bonds. The van der Waals surface area contributed by atoms with Crippen molar-refractivity contribution in [2.75, 3.05) is 13.6 Å². The lowest BCUT2D eigenvalue weighted by Gasteiger charge is -2.14. The third-order valence-electron chi connectivity index (χ3n) is 4.40. The van der Waals surface area contributed by atoms with Crippen LogP contribution in [0.3, 0.4) is 0 Å². The molecule has 1 aliphatic rings. The molecule has 2 aromatic rings. The van der Waals surface area contributed by atoms with E-state index in [1.807, 2.05) is 55.3 Å². The SMILES string of the molecule is CCN(C)C=Nc1cc(C)c(C2CC(c3cccc(Cl)c3)=NO2)cc1Cl. The molecule has 1 atom stereocenters. The van der Waals surface area contributed by atoms with Crippen LogP contribution in [0.1, 0.15) is 36.1 Å². The third kappa shape index (κ3) is 4.19. The van der Waals surface area contributed by atoms with Gasteiger partial charge >= 0.3 is 0 Å². The second-order valence-corrected chi connectivity index (χ2v) is 7.17. The van der Waals surface area contributed by atoms with E-state index in [-0.39, 0.29) is 6.10 Å². The van der Waals surface area contributed by atoms with E-state index in [2.05, 4.69) is 17.1 Å². The topological polar surface area (TPSA) is 37.2 Å². The summed E-state index contributed by atoms with van der Waals surface area (Å²) >= 11 is 12.5. The van der Waals surface area contributed by atoms with Gasteiger partial charge in [0.2, 0.25) is 0 Å². The van der Waals surface area contributed by atoms with E-state index in [1.54, 1.807) is 6.34 Å². The first-order valence-corrected chi connectivity index (χ1v) is 9.26. The molecule has 4 nitrogen and oxygen atoms in total. The summed E-state index contributed by atoms with van der Waals surface area (Å²) in [7, 11) is 1.97. The van der Waals surface area contributed by atoms with Crippen molar-refractivity contribution in [1.29, 1.82) is 0 Å². The Kier molecular flexibility index (Phi) is 5.84. The number of halogens is 2. The van der Waals surface area contributed by atoms with Crippen molar-refractivity contribution >= 4 is 40.9 Å². The number of aryl methyl sites for hydroxylation is 1. The molecular formula is C20H21Cl2N3O. The Balaban J connectivity index is 1.79. The van der Waals surface area contributed by atoms with E-state index < -0.39 is 0 Å². The first-order valence-electron chi connectivity index (χ1n) is 8.51. The van der Waals surface area contributed by atoms with Crippen molar-refractivity contribution in [2.45, 2.75) is 26.4 Å².